The lowest BCUT2D eigenvalue weighted by Gasteiger charge is -1.97. The molecule has 6 nitrogen and oxygen atoms in total. The zero-order chi connectivity index (χ0) is 7.40. The molecule has 0 amide bonds. The van der Waals surface area contributed by atoms with Crippen LogP contribution in [-0.4, -0.2) is 37.1 Å². The minimum atomic E-state index is -1.29. The van der Waals surface area contributed by atoms with Crippen LogP contribution in [0.15, 0.2) is 0 Å². The van der Waals surface area contributed by atoms with Crippen LogP contribution in [0.25, 0.3) is 0 Å². The summed E-state index contributed by atoms with van der Waals surface area (Å²) in [6, 6.07) is 0. The summed E-state index contributed by atoms with van der Waals surface area (Å²) in [4.78, 5) is 0. The number of tetrazole rings is 1. The molecule has 0 saturated heterocycles. The monoisotopic (exact) mass is 144 g/mol. The van der Waals surface area contributed by atoms with Crippen LogP contribution in [0.3, 0.4) is 0 Å². The van der Waals surface area contributed by atoms with Gasteiger partial charge >= 0.3 is 0 Å². The minimum absolute atomic E-state index is 0.247. The largest absolute Gasteiger partial charge is 0.368 e. The van der Waals surface area contributed by atoms with Crippen LogP contribution in [-0.2, 0) is 6.42 Å². The number of H-pyrrole nitrogens is 1. The number of aromatic amines is 1. The molecule has 1 aromatic heterocycles. The molecule has 0 atom stereocenters. The first-order valence-corrected chi connectivity index (χ1v) is 2.88. The Hall–Kier alpha value is -1.01. The van der Waals surface area contributed by atoms with E-state index in [0.717, 1.165) is 0 Å². The molecule has 0 spiro atoms. The Labute approximate surface area is 56.9 Å². The third-order valence-corrected chi connectivity index (χ3v) is 1.03. The molecule has 0 fully saturated rings. The van der Waals surface area contributed by atoms with E-state index in [-0.39, 0.29) is 6.42 Å². The Kier molecular flexibility index (Phi) is 2.30. The average Bonchev–Trinajstić information content (AvgIpc) is 2.34. The maximum Gasteiger partial charge on any atom is 0.151 e. The lowest BCUT2D eigenvalue weighted by Crippen LogP contribution is -2.06. The molecule has 1 aromatic rings. The van der Waals surface area contributed by atoms with Crippen molar-refractivity contribution in [3.63, 3.8) is 0 Å². The molecule has 0 saturated carbocycles. The normalized spacial score (nSPS) is 10.7. The van der Waals surface area contributed by atoms with E-state index in [9.17, 15) is 0 Å². The van der Waals surface area contributed by atoms with E-state index in [1.54, 1.807) is 0 Å². The fraction of sp³-hybridized carbons (Fsp3) is 0.750. The maximum absolute atomic E-state index is 8.42. The lowest BCUT2D eigenvalue weighted by molar-refractivity contribution is -0.0450. The minimum Gasteiger partial charge on any atom is -0.368 e. The summed E-state index contributed by atoms with van der Waals surface area (Å²) in [5, 5.41) is 29.5. The quantitative estimate of drug-likeness (QED) is 0.446. The Balaban J connectivity index is 2.28. The fourth-order valence-electron chi connectivity index (χ4n) is 0.551. The van der Waals surface area contributed by atoms with Crippen molar-refractivity contribution in [3.05, 3.63) is 5.82 Å². The van der Waals surface area contributed by atoms with E-state index in [4.69, 9.17) is 10.2 Å². The molecular formula is C4H8N4O2. The Morgan fingerprint density at radius 3 is 2.80 bits per heavy atom. The van der Waals surface area contributed by atoms with Crippen LogP contribution in [0.1, 0.15) is 12.2 Å². The summed E-state index contributed by atoms with van der Waals surface area (Å²) < 4.78 is 0. The second kappa shape index (κ2) is 3.23. The van der Waals surface area contributed by atoms with Crippen LogP contribution in [0.5, 0.6) is 0 Å². The smallest absolute Gasteiger partial charge is 0.151 e. The number of aliphatic hydroxyl groups excluding tert-OH is 1. The Morgan fingerprint density at radius 1 is 1.50 bits per heavy atom. The summed E-state index contributed by atoms with van der Waals surface area (Å²) >= 11 is 0. The summed E-state index contributed by atoms with van der Waals surface area (Å²) in [5.74, 6) is 0.563. The molecule has 10 heavy (non-hydrogen) atoms. The second-order valence-electron chi connectivity index (χ2n) is 1.87. The molecule has 0 unspecified atom stereocenters. The number of aromatic nitrogens is 4. The summed E-state index contributed by atoms with van der Waals surface area (Å²) in [5.41, 5.74) is 0. The van der Waals surface area contributed by atoms with Crippen LogP contribution >= 0.6 is 0 Å². The van der Waals surface area contributed by atoms with Gasteiger partial charge in [0.05, 0.1) is 0 Å². The van der Waals surface area contributed by atoms with Gasteiger partial charge in [-0.2, -0.15) is 0 Å². The predicted molar refractivity (Wildman–Crippen MR) is 30.7 cm³/mol. The van der Waals surface area contributed by atoms with Gasteiger partial charge in [-0.25, -0.2) is 5.10 Å². The number of hydrogen-bond donors (Lipinski definition) is 3. The first-order valence-electron chi connectivity index (χ1n) is 2.88. The molecule has 1 heterocycles. The summed E-state index contributed by atoms with van der Waals surface area (Å²) in [6.07, 6.45) is -0.591. The van der Waals surface area contributed by atoms with Crippen LogP contribution in [0, 0.1) is 0 Å². The van der Waals surface area contributed by atoms with Gasteiger partial charge in [0.1, 0.15) is 5.82 Å². The highest BCUT2D eigenvalue weighted by atomic mass is 16.5. The molecular weight excluding hydrogens is 136 g/mol. The summed E-state index contributed by atoms with van der Waals surface area (Å²) in [7, 11) is 0. The van der Waals surface area contributed by atoms with Crippen molar-refractivity contribution < 1.29 is 10.2 Å². The number of rotatable bonds is 3. The Morgan fingerprint density at radius 2 is 2.30 bits per heavy atom. The van der Waals surface area contributed by atoms with E-state index in [1.807, 2.05) is 0 Å². The second-order valence-corrected chi connectivity index (χ2v) is 1.87. The maximum atomic E-state index is 8.42. The third-order valence-electron chi connectivity index (χ3n) is 1.03. The van der Waals surface area contributed by atoms with Gasteiger partial charge in [0.25, 0.3) is 0 Å². The van der Waals surface area contributed by atoms with E-state index in [0.29, 0.717) is 12.2 Å². The van der Waals surface area contributed by atoms with Crippen molar-refractivity contribution in [1.82, 2.24) is 20.6 Å². The van der Waals surface area contributed by atoms with Crippen LogP contribution < -0.4 is 0 Å². The van der Waals surface area contributed by atoms with Crippen molar-refractivity contribution in [2.45, 2.75) is 19.1 Å². The third kappa shape index (κ3) is 2.08. The molecule has 6 heteroatoms. The molecule has 0 aliphatic carbocycles. The van der Waals surface area contributed by atoms with Crippen molar-refractivity contribution in [2.24, 2.45) is 0 Å². The molecule has 1 rings (SSSR count). The number of nitrogens with zero attached hydrogens (tertiary/aromatic N) is 3. The van der Waals surface area contributed by atoms with Crippen molar-refractivity contribution >= 4 is 0 Å². The fourth-order valence-corrected chi connectivity index (χ4v) is 0.551. The lowest BCUT2D eigenvalue weighted by atomic mass is 10.3. The number of aryl methyl sites for hydroxylation is 1. The van der Waals surface area contributed by atoms with Crippen molar-refractivity contribution in [2.75, 3.05) is 0 Å². The van der Waals surface area contributed by atoms with Crippen LogP contribution in [0.4, 0.5) is 0 Å². The first kappa shape index (κ1) is 7.10. The topological polar surface area (TPSA) is 94.9 Å². The van der Waals surface area contributed by atoms with Crippen molar-refractivity contribution in [3.8, 4) is 0 Å². The molecule has 0 aromatic carbocycles. The van der Waals surface area contributed by atoms with Crippen molar-refractivity contribution in [1.29, 1.82) is 0 Å². The standard InChI is InChI=1S/C4H8N4O2/c9-4(10)2-1-3-5-7-8-6-3/h4,9-10H,1-2H2,(H,5,6,7,8). The number of nitrogens with one attached hydrogen (secondary N) is 1. The van der Waals surface area contributed by atoms with E-state index in [2.05, 4.69) is 20.6 Å². The highest BCUT2D eigenvalue weighted by Crippen LogP contribution is 1.93. The molecule has 0 aliphatic rings. The molecule has 3 N–H and O–H groups in total. The zero-order valence-electron chi connectivity index (χ0n) is 5.23. The highest BCUT2D eigenvalue weighted by Gasteiger charge is 2.00. The van der Waals surface area contributed by atoms with Gasteiger partial charge in [-0.05, 0) is 10.4 Å². The van der Waals surface area contributed by atoms with E-state index >= 15 is 0 Å². The highest BCUT2D eigenvalue weighted by molar-refractivity contribution is 4.75. The van der Waals surface area contributed by atoms with Gasteiger partial charge in [0.2, 0.25) is 0 Å². The van der Waals surface area contributed by atoms with Gasteiger partial charge in [0.15, 0.2) is 6.29 Å². The molecule has 56 valence electrons. The zero-order valence-corrected chi connectivity index (χ0v) is 5.23. The average molecular weight is 144 g/mol. The SMILES string of the molecule is OC(O)CCc1nnn[nH]1. The van der Waals surface area contributed by atoms with Gasteiger partial charge in [-0.15, -0.1) is 5.10 Å². The first-order chi connectivity index (χ1) is 4.79. The van der Waals surface area contributed by atoms with E-state index in [1.165, 1.54) is 0 Å². The summed E-state index contributed by atoms with van der Waals surface area (Å²) in [6.45, 7) is 0. The van der Waals surface area contributed by atoms with Gasteiger partial charge in [-0.1, -0.05) is 0 Å². The van der Waals surface area contributed by atoms with E-state index < -0.39 is 6.29 Å². The van der Waals surface area contributed by atoms with Gasteiger partial charge in [0, 0.05) is 12.8 Å². The number of hydrogen-bond acceptors (Lipinski definition) is 5. The van der Waals surface area contributed by atoms with Gasteiger partial charge in [-0.3, -0.25) is 0 Å². The molecule has 0 radical (unpaired) electrons. The molecule has 0 bridgehead atoms. The predicted octanol–water partition coefficient (Wildman–Crippen LogP) is -1.56. The number of aliphatic hydroxyl groups is 2. The van der Waals surface area contributed by atoms with Crippen LogP contribution in [0.2, 0.25) is 0 Å². The van der Waals surface area contributed by atoms with Gasteiger partial charge < -0.3 is 10.2 Å². The Bertz CT molecular complexity index is 173. The molecule has 0 aliphatic heterocycles.